The van der Waals surface area contributed by atoms with Crippen molar-refractivity contribution in [3.63, 3.8) is 0 Å². The van der Waals surface area contributed by atoms with Crippen molar-refractivity contribution in [3.05, 3.63) is 0 Å². The van der Waals surface area contributed by atoms with Crippen LogP contribution < -0.4 is 0 Å². The number of nitrogens with zero attached hydrogens (tertiary/aromatic N) is 2. The highest BCUT2D eigenvalue weighted by Gasteiger charge is 2.32. The molecule has 1 heterocycles. The molecular weight excluding hydrogens is 328 g/mol. The van der Waals surface area contributed by atoms with E-state index < -0.39 is 0 Å². The average molecular weight is 381 g/mol. The Balaban J connectivity index is 2.40. The van der Waals surface area contributed by atoms with Crippen molar-refractivity contribution >= 4 is 0 Å². The predicted octanol–water partition coefficient (Wildman–Crippen LogP) is 7.13. The van der Waals surface area contributed by atoms with Crippen LogP contribution in [-0.2, 0) is 0 Å². The van der Waals surface area contributed by atoms with Crippen LogP contribution in [0.25, 0.3) is 0 Å². The number of hydrogen-bond acceptors (Lipinski definition) is 2. The third-order valence-corrected chi connectivity index (χ3v) is 6.75. The lowest BCUT2D eigenvalue weighted by Gasteiger charge is -2.44. The quantitative estimate of drug-likeness (QED) is 0.263. The van der Waals surface area contributed by atoms with Gasteiger partial charge in [0.1, 0.15) is 0 Å². The molecule has 1 aliphatic heterocycles. The molecule has 0 bridgehead atoms. The molecule has 0 aromatic rings. The van der Waals surface area contributed by atoms with Crippen LogP contribution in [0.5, 0.6) is 0 Å². The zero-order valence-electron chi connectivity index (χ0n) is 19.7. The van der Waals surface area contributed by atoms with Gasteiger partial charge in [-0.05, 0) is 58.3 Å². The maximum atomic E-state index is 2.88. The van der Waals surface area contributed by atoms with E-state index >= 15 is 0 Å². The summed E-state index contributed by atoms with van der Waals surface area (Å²) in [5.41, 5.74) is 0.534. The zero-order chi connectivity index (χ0) is 20.0. The summed E-state index contributed by atoms with van der Waals surface area (Å²) in [6.07, 6.45) is 21.4. The lowest BCUT2D eigenvalue weighted by molar-refractivity contribution is 0.0577. The van der Waals surface area contributed by atoms with Crippen LogP contribution >= 0.6 is 0 Å². The third kappa shape index (κ3) is 11.5. The second-order valence-electron chi connectivity index (χ2n) is 10.00. The number of hydrogen-bond donors (Lipinski definition) is 0. The molecule has 162 valence electrons. The Bertz CT molecular complexity index is 331. The molecule has 1 rings (SSSR count). The monoisotopic (exact) mass is 380 g/mol. The van der Waals surface area contributed by atoms with E-state index in [1.54, 1.807) is 0 Å². The molecule has 2 nitrogen and oxygen atoms in total. The van der Waals surface area contributed by atoms with Gasteiger partial charge in [0.2, 0.25) is 0 Å². The highest BCUT2D eigenvalue weighted by Crippen LogP contribution is 2.33. The fraction of sp³-hybridized carbons (Fsp3) is 1.00. The summed E-state index contributed by atoms with van der Waals surface area (Å²) < 4.78 is 0. The van der Waals surface area contributed by atoms with Crippen molar-refractivity contribution < 1.29 is 0 Å². The number of likely N-dealkylation sites (tertiary alicyclic amines) is 1. The Morgan fingerprint density at radius 1 is 0.741 bits per heavy atom. The van der Waals surface area contributed by atoms with Crippen molar-refractivity contribution in [3.8, 4) is 0 Å². The minimum absolute atomic E-state index is 0.534. The zero-order valence-corrected chi connectivity index (χ0v) is 19.7. The van der Waals surface area contributed by atoms with E-state index in [-0.39, 0.29) is 0 Å². The standard InChI is InChI=1S/C25H52N2/c1-6-8-10-12-14-16-18-24(17-15-13-11-9-7-2)27-21-19-25(3,20-22-27)23-26(4)5/h24H,6-23H2,1-5H3. The van der Waals surface area contributed by atoms with Gasteiger partial charge in [-0.1, -0.05) is 91.4 Å². The van der Waals surface area contributed by atoms with Gasteiger partial charge in [-0.2, -0.15) is 0 Å². The second-order valence-corrected chi connectivity index (χ2v) is 10.00. The largest absolute Gasteiger partial charge is 0.309 e. The van der Waals surface area contributed by atoms with Gasteiger partial charge in [0.15, 0.2) is 0 Å². The summed E-state index contributed by atoms with van der Waals surface area (Å²) in [6, 6.07) is 0.863. The minimum atomic E-state index is 0.534. The van der Waals surface area contributed by atoms with Crippen LogP contribution in [0.3, 0.4) is 0 Å². The summed E-state index contributed by atoms with van der Waals surface area (Å²) in [7, 11) is 4.46. The summed E-state index contributed by atoms with van der Waals surface area (Å²) in [4.78, 5) is 5.26. The first kappa shape index (κ1) is 25.0. The summed E-state index contributed by atoms with van der Waals surface area (Å²) in [6.45, 7) is 11.1. The van der Waals surface area contributed by atoms with Gasteiger partial charge in [-0.3, -0.25) is 0 Å². The first-order valence-electron chi connectivity index (χ1n) is 12.4. The molecule has 2 heteroatoms. The van der Waals surface area contributed by atoms with Gasteiger partial charge >= 0.3 is 0 Å². The average Bonchev–Trinajstić information content (AvgIpc) is 2.62. The predicted molar refractivity (Wildman–Crippen MR) is 123 cm³/mol. The Morgan fingerprint density at radius 2 is 1.19 bits per heavy atom. The van der Waals surface area contributed by atoms with Gasteiger partial charge in [-0.25, -0.2) is 0 Å². The fourth-order valence-corrected chi connectivity index (χ4v) is 5.00. The van der Waals surface area contributed by atoms with E-state index in [1.165, 1.54) is 116 Å². The van der Waals surface area contributed by atoms with E-state index in [2.05, 4.69) is 44.7 Å². The molecule has 0 aromatic carbocycles. The van der Waals surface area contributed by atoms with Crippen LogP contribution in [0.2, 0.25) is 0 Å². The van der Waals surface area contributed by atoms with Crippen molar-refractivity contribution in [2.45, 2.75) is 123 Å². The molecule has 1 atom stereocenters. The topological polar surface area (TPSA) is 6.48 Å². The number of piperidine rings is 1. The SMILES string of the molecule is CCCCCCCCC(CCCCCCC)N1CCC(C)(CN(C)C)CC1. The van der Waals surface area contributed by atoms with Gasteiger partial charge in [0.05, 0.1) is 0 Å². The maximum Gasteiger partial charge on any atom is 0.00952 e. The first-order valence-corrected chi connectivity index (χ1v) is 12.4. The molecule has 0 amide bonds. The highest BCUT2D eigenvalue weighted by atomic mass is 15.2. The number of rotatable bonds is 16. The molecule has 0 radical (unpaired) electrons. The Kier molecular flexibility index (Phi) is 13.7. The van der Waals surface area contributed by atoms with E-state index in [0.29, 0.717) is 5.41 Å². The van der Waals surface area contributed by atoms with Crippen LogP contribution in [0.4, 0.5) is 0 Å². The molecule has 1 fully saturated rings. The van der Waals surface area contributed by atoms with Crippen molar-refractivity contribution in [2.24, 2.45) is 5.41 Å². The molecule has 0 aliphatic carbocycles. The van der Waals surface area contributed by atoms with E-state index in [1.807, 2.05) is 0 Å². The van der Waals surface area contributed by atoms with Crippen LogP contribution in [0, 0.1) is 5.41 Å². The van der Waals surface area contributed by atoms with Crippen molar-refractivity contribution in [2.75, 3.05) is 33.7 Å². The first-order chi connectivity index (χ1) is 13.0. The van der Waals surface area contributed by atoms with Gasteiger partial charge in [0.25, 0.3) is 0 Å². The molecule has 27 heavy (non-hydrogen) atoms. The number of unbranched alkanes of at least 4 members (excludes halogenated alkanes) is 9. The maximum absolute atomic E-state index is 2.88. The Hall–Kier alpha value is -0.0800. The summed E-state index contributed by atoms with van der Waals surface area (Å²) in [5, 5.41) is 0. The van der Waals surface area contributed by atoms with Crippen molar-refractivity contribution in [1.82, 2.24) is 9.80 Å². The fourth-order valence-electron chi connectivity index (χ4n) is 5.00. The lowest BCUT2D eigenvalue weighted by Crippen LogP contribution is -2.47. The molecule has 1 unspecified atom stereocenters. The molecule has 0 N–H and O–H groups in total. The smallest absolute Gasteiger partial charge is 0.00952 e. The molecule has 0 spiro atoms. The van der Waals surface area contributed by atoms with Gasteiger partial charge in [0, 0.05) is 12.6 Å². The Labute approximate surface area is 172 Å². The van der Waals surface area contributed by atoms with Crippen molar-refractivity contribution in [1.29, 1.82) is 0 Å². The third-order valence-electron chi connectivity index (χ3n) is 6.75. The normalized spacial score (nSPS) is 18.9. The second kappa shape index (κ2) is 14.9. The lowest BCUT2D eigenvalue weighted by atomic mass is 9.79. The van der Waals surface area contributed by atoms with Gasteiger partial charge in [-0.15, -0.1) is 0 Å². The van der Waals surface area contributed by atoms with E-state index in [4.69, 9.17) is 0 Å². The van der Waals surface area contributed by atoms with Crippen LogP contribution in [-0.4, -0.2) is 49.6 Å². The van der Waals surface area contributed by atoms with Crippen LogP contribution in [0.1, 0.15) is 117 Å². The summed E-state index contributed by atoms with van der Waals surface area (Å²) >= 11 is 0. The Morgan fingerprint density at radius 3 is 1.63 bits per heavy atom. The van der Waals surface area contributed by atoms with E-state index in [0.717, 1.165) is 6.04 Å². The molecule has 1 aliphatic rings. The van der Waals surface area contributed by atoms with Crippen LogP contribution in [0.15, 0.2) is 0 Å². The summed E-state index contributed by atoms with van der Waals surface area (Å²) in [5.74, 6) is 0. The van der Waals surface area contributed by atoms with Gasteiger partial charge < -0.3 is 9.80 Å². The molecule has 0 aromatic heterocycles. The molecule has 1 saturated heterocycles. The van der Waals surface area contributed by atoms with E-state index in [9.17, 15) is 0 Å². The highest BCUT2D eigenvalue weighted by molar-refractivity contribution is 4.87. The minimum Gasteiger partial charge on any atom is -0.309 e. The molecular formula is C25H52N2. The molecule has 0 saturated carbocycles.